The lowest BCUT2D eigenvalue weighted by Gasteiger charge is -2.30. The molecule has 8 nitrogen and oxygen atoms in total. The summed E-state index contributed by atoms with van der Waals surface area (Å²) in [5.74, 6) is 0.422. The number of anilines is 1. The molecule has 0 atom stereocenters. The minimum atomic E-state index is -0.269. The van der Waals surface area contributed by atoms with Gasteiger partial charge in [-0.2, -0.15) is 0 Å². The van der Waals surface area contributed by atoms with Gasteiger partial charge in [-0.3, -0.25) is 9.30 Å². The number of methoxy groups -OCH3 is 1. The number of thiazole rings is 1. The maximum atomic E-state index is 13.3. The zero-order valence-electron chi connectivity index (χ0n) is 20.7. The normalized spacial score (nSPS) is 14.1. The third kappa shape index (κ3) is 6.27. The molecule has 0 saturated carbocycles. The van der Waals surface area contributed by atoms with Gasteiger partial charge in [-0.1, -0.05) is 6.07 Å². The Balaban J connectivity index is 1.29. The molecule has 1 N–H and O–H groups in total. The number of aromatic nitrogens is 2. The molecule has 194 valence electrons. The number of ether oxygens (including phenoxy) is 2. The van der Waals surface area contributed by atoms with Gasteiger partial charge in [-0.05, 0) is 36.4 Å². The van der Waals surface area contributed by atoms with Crippen LogP contribution in [0.5, 0.6) is 5.75 Å². The van der Waals surface area contributed by atoms with Crippen molar-refractivity contribution in [3.8, 4) is 17.0 Å². The smallest absolute Gasteiger partial charge is 0.321 e. The molecule has 4 aromatic rings. The van der Waals surface area contributed by atoms with Crippen LogP contribution in [0.3, 0.4) is 0 Å². The Morgan fingerprint density at radius 1 is 1.19 bits per heavy atom. The number of carbonyl (C=O) groups excluding carboxylic acids is 1. The highest BCUT2D eigenvalue weighted by Crippen LogP contribution is 2.24. The molecule has 1 saturated heterocycles. The Kier molecular flexibility index (Phi) is 7.98. The number of hydrogen-bond donors (Lipinski definition) is 1. The summed E-state index contributed by atoms with van der Waals surface area (Å²) in [5.41, 5.74) is 3.43. The number of nitrogens with zero attached hydrogens (tertiary/aromatic N) is 4. The first-order valence-electron chi connectivity index (χ1n) is 12.3. The van der Waals surface area contributed by atoms with Crippen molar-refractivity contribution in [3.05, 3.63) is 71.6 Å². The van der Waals surface area contributed by atoms with E-state index in [-0.39, 0.29) is 11.8 Å². The number of hydrogen-bond acceptors (Lipinski definition) is 6. The number of urea groups is 1. The summed E-state index contributed by atoms with van der Waals surface area (Å²) in [7, 11) is 1.61. The maximum absolute atomic E-state index is 13.3. The molecule has 0 unspecified atom stereocenters. The number of carbonyl (C=O) groups is 1. The van der Waals surface area contributed by atoms with Gasteiger partial charge in [-0.15, -0.1) is 11.3 Å². The third-order valence-electron chi connectivity index (χ3n) is 6.46. The summed E-state index contributed by atoms with van der Waals surface area (Å²) in [6.45, 7) is 5.13. The van der Waals surface area contributed by atoms with Crippen LogP contribution in [0, 0.1) is 5.82 Å². The molecule has 1 fully saturated rings. The van der Waals surface area contributed by atoms with Crippen LogP contribution in [-0.4, -0.2) is 78.3 Å². The molecule has 2 aromatic heterocycles. The van der Waals surface area contributed by atoms with Crippen molar-refractivity contribution in [2.75, 3.05) is 58.4 Å². The van der Waals surface area contributed by atoms with Crippen LogP contribution < -0.4 is 10.1 Å². The van der Waals surface area contributed by atoms with E-state index in [4.69, 9.17) is 14.5 Å². The maximum Gasteiger partial charge on any atom is 0.321 e. The lowest BCUT2D eigenvalue weighted by molar-refractivity contribution is 0.0352. The Bertz CT molecular complexity index is 1330. The van der Waals surface area contributed by atoms with Crippen LogP contribution in [0.15, 0.2) is 60.1 Å². The molecule has 37 heavy (non-hydrogen) atoms. The predicted octanol–water partition coefficient (Wildman–Crippen LogP) is 4.62. The third-order valence-corrected chi connectivity index (χ3v) is 7.35. The van der Waals surface area contributed by atoms with Crippen LogP contribution in [0.2, 0.25) is 0 Å². The number of amides is 2. The zero-order chi connectivity index (χ0) is 25.6. The van der Waals surface area contributed by atoms with Gasteiger partial charge in [0.1, 0.15) is 11.6 Å². The highest BCUT2D eigenvalue weighted by Gasteiger charge is 2.19. The Labute approximate surface area is 219 Å². The monoisotopic (exact) mass is 523 g/mol. The van der Waals surface area contributed by atoms with Gasteiger partial charge in [0.2, 0.25) is 0 Å². The molecule has 0 bridgehead atoms. The van der Waals surface area contributed by atoms with E-state index in [2.05, 4.69) is 20.0 Å². The fraction of sp³-hybridized carbons (Fsp3) is 0.333. The van der Waals surface area contributed by atoms with Gasteiger partial charge < -0.3 is 19.7 Å². The van der Waals surface area contributed by atoms with Crippen molar-refractivity contribution in [2.45, 2.75) is 6.42 Å². The average Bonchev–Trinajstić information content (AvgIpc) is 3.51. The average molecular weight is 524 g/mol. The van der Waals surface area contributed by atoms with E-state index in [9.17, 15) is 9.18 Å². The lowest BCUT2D eigenvalue weighted by atomic mass is 10.2. The molecule has 0 aliphatic carbocycles. The van der Waals surface area contributed by atoms with Crippen molar-refractivity contribution >= 4 is 28.0 Å². The SMILES string of the molecule is COc1cccc(NC(=O)N(CCc2csc3nc(-c4ccc(F)cc4)cn23)CCN2CCOCC2)c1. The van der Waals surface area contributed by atoms with Gasteiger partial charge in [0.25, 0.3) is 0 Å². The first-order valence-corrected chi connectivity index (χ1v) is 13.2. The number of benzene rings is 2. The van der Waals surface area contributed by atoms with E-state index in [1.165, 1.54) is 12.1 Å². The van der Waals surface area contributed by atoms with Gasteiger partial charge >= 0.3 is 6.03 Å². The van der Waals surface area contributed by atoms with Gasteiger partial charge in [0.15, 0.2) is 4.96 Å². The molecule has 1 aliphatic heterocycles. The molecular formula is C27H30FN5O3S. The minimum absolute atomic E-state index is 0.148. The number of imidazole rings is 1. The minimum Gasteiger partial charge on any atom is -0.497 e. The van der Waals surface area contributed by atoms with E-state index in [1.54, 1.807) is 30.6 Å². The van der Waals surface area contributed by atoms with Crippen molar-refractivity contribution in [1.82, 2.24) is 19.2 Å². The quantitative estimate of drug-likeness (QED) is 0.347. The number of nitrogens with one attached hydrogen (secondary N) is 1. The van der Waals surface area contributed by atoms with Crippen LogP contribution in [0.25, 0.3) is 16.2 Å². The highest BCUT2D eigenvalue weighted by molar-refractivity contribution is 7.15. The molecule has 2 amide bonds. The number of morpholine rings is 1. The fourth-order valence-electron chi connectivity index (χ4n) is 4.32. The van der Waals surface area contributed by atoms with Crippen molar-refractivity contribution in [3.63, 3.8) is 0 Å². The molecule has 0 radical (unpaired) electrons. The summed E-state index contributed by atoms with van der Waals surface area (Å²) in [4.78, 5) is 23.1. The van der Waals surface area contributed by atoms with Crippen molar-refractivity contribution in [1.29, 1.82) is 0 Å². The number of halogens is 1. The predicted molar refractivity (Wildman–Crippen MR) is 143 cm³/mol. The van der Waals surface area contributed by atoms with Crippen LogP contribution in [-0.2, 0) is 11.2 Å². The molecule has 5 rings (SSSR count). The second-order valence-corrected chi connectivity index (χ2v) is 9.70. The van der Waals surface area contributed by atoms with E-state index >= 15 is 0 Å². The summed E-state index contributed by atoms with van der Waals surface area (Å²) in [5, 5.41) is 5.10. The Morgan fingerprint density at radius 3 is 2.78 bits per heavy atom. The fourth-order valence-corrected chi connectivity index (χ4v) is 5.23. The van der Waals surface area contributed by atoms with Crippen molar-refractivity contribution < 1.29 is 18.7 Å². The second-order valence-electron chi connectivity index (χ2n) is 8.87. The molecule has 1 aliphatic rings. The van der Waals surface area contributed by atoms with Crippen LogP contribution in [0.4, 0.5) is 14.9 Å². The van der Waals surface area contributed by atoms with E-state index in [0.717, 1.165) is 54.8 Å². The Morgan fingerprint density at radius 2 is 2.00 bits per heavy atom. The molecular weight excluding hydrogens is 493 g/mol. The van der Waals surface area contributed by atoms with Gasteiger partial charge in [0, 0.05) is 73.7 Å². The Hall–Kier alpha value is -3.47. The summed E-state index contributed by atoms with van der Waals surface area (Å²) < 4.78 is 26.1. The van der Waals surface area contributed by atoms with Gasteiger partial charge in [0.05, 0.1) is 26.0 Å². The van der Waals surface area contributed by atoms with Crippen LogP contribution >= 0.6 is 11.3 Å². The van der Waals surface area contributed by atoms with E-state index < -0.39 is 0 Å². The molecule has 2 aromatic carbocycles. The van der Waals surface area contributed by atoms with Gasteiger partial charge in [-0.25, -0.2) is 14.2 Å². The highest BCUT2D eigenvalue weighted by atomic mass is 32.1. The first kappa shape index (κ1) is 25.2. The lowest BCUT2D eigenvalue weighted by Crippen LogP contribution is -2.45. The van der Waals surface area contributed by atoms with E-state index in [1.807, 2.05) is 35.4 Å². The number of rotatable bonds is 9. The first-order chi connectivity index (χ1) is 18.1. The summed E-state index contributed by atoms with van der Waals surface area (Å²) >= 11 is 1.56. The standard InChI is InChI=1S/C27H30FN5O3S/c1-35-24-4-2-3-22(17-24)29-26(34)32(12-11-31-13-15-36-16-14-31)10-9-23-19-37-27-30-25(18-33(23)27)20-5-7-21(28)8-6-20/h2-8,17-19H,9-16H2,1H3,(H,29,34). The van der Waals surface area contributed by atoms with Crippen molar-refractivity contribution in [2.24, 2.45) is 0 Å². The number of fused-ring (bicyclic) bond motifs is 1. The zero-order valence-corrected chi connectivity index (χ0v) is 21.5. The van der Waals surface area contributed by atoms with E-state index in [0.29, 0.717) is 30.9 Å². The molecule has 3 heterocycles. The summed E-state index contributed by atoms with van der Waals surface area (Å²) in [6.07, 6.45) is 2.65. The topological polar surface area (TPSA) is 71.3 Å². The molecule has 0 spiro atoms. The summed E-state index contributed by atoms with van der Waals surface area (Å²) in [6, 6.07) is 13.6. The largest absolute Gasteiger partial charge is 0.497 e. The second kappa shape index (κ2) is 11.7. The van der Waals surface area contributed by atoms with Crippen LogP contribution in [0.1, 0.15) is 5.69 Å². The molecule has 10 heteroatoms.